The molecule has 136 valence electrons. The number of carbonyl (C=O) groups is 2. The Morgan fingerprint density at radius 1 is 1.27 bits per heavy atom. The first-order valence-corrected chi connectivity index (χ1v) is 8.73. The second kappa shape index (κ2) is 6.27. The quantitative estimate of drug-likeness (QED) is 0.889. The molecule has 1 aromatic rings. The van der Waals surface area contributed by atoms with Crippen LogP contribution in [0.25, 0.3) is 0 Å². The number of phenols is 1. The highest BCUT2D eigenvalue weighted by Gasteiger charge is 2.56. The monoisotopic (exact) mass is 352 g/mol. The molecule has 0 fully saturated rings. The lowest BCUT2D eigenvalue weighted by atomic mass is 9.52. The Kier molecular flexibility index (Phi) is 4.39. The second-order valence-corrected chi connectivity index (χ2v) is 7.28. The molecule has 3 unspecified atom stereocenters. The molecule has 3 atom stereocenters. The van der Waals surface area contributed by atoms with E-state index < -0.39 is 17.3 Å². The van der Waals surface area contributed by atoms with Crippen molar-refractivity contribution < 1.29 is 19.4 Å². The molecule has 4 nitrogen and oxygen atoms in total. The van der Waals surface area contributed by atoms with Gasteiger partial charge < -0.3 is 9.84 Å². The fraction of sp³-hybridized carbons (Fsp3) is 0.364. The second-order valence-electron chi connectivity index (χ2n) is 7.28. The molecule has 0 amide bonds. The molecule has 2 aliphatic carbocycles. The first kappa shape index (κ1) is 18.2. The van der Waals surface area contributed by atoms with Crippen LogP contribution in [0.5, 0.6) is 11.5 Å². The van der Waals surface area contributed by atoms with E-state index in [-0.39, 0.29) is 17.3 Å². The van der Waals surface area contributed by atoms with Gasteiger partial charge in [0, 0.05) is 17.4 Å². The number of ether oxygens (including phenoxy) is 1. The Balaban J connectivity index is 2.30. The maximum Gasteiger partial charge on any atom is 0.166 e. The maximum absolute atomic E-state index is 13.4. The van der Waals surface area contributed by atoms with Gasteiger partial charge in [0.25, 0.3) is 0 Å². The number of phenolic OH excluding ortho intramolecular Hbond substituents is 1. The number of rotatable bonds is 3. The van der Waals surface area contributed by atoms with Crippen LogP contribution in [0, 0.1) is 11.3 Å². The normalized spacial score (nSPS) is 28.5. The number of benzene rings is 1. The standard InChI is InChI=1S/C22H24O4/c1-6-14-7-9-17-20(24)12(2)13(3)21(25)22(17,4)19(14)16-11-15(26-5)8-10-18(16)23/h6-8,10-11,17,19,23H,1,9H2,2-5H3. The molecule has 2 aliphatic rings. The van der Waals surface area contributed by atoms with Gasteiger partial charge in [-0.15, -0.1) is 0 Å². The molecule has 4 heteroatoms. The molecule has 0 saturated carbocycles. The van der Waals surface area contributed by atoms with Crippen molar-refractivity contribution in [1.29, 1.82) is 0 Å². The van der Waals surface area contributed by atoms with E-state index in [1.54, 1.807) is 45.2 Å². The molecule has 0 saturated heterocycles. The summed E-state index contributed by atoms with van der Waals surface area (Å²) >= 11 is 0. The van der Waals surface area contributed by atoms with E-state index in [0.717, 1.165) is 5.57 Å². The van der Waals surface area contributed by atoms with Crippen molar-refractivity contribution in [3.8, 4) is 11.5 Å². The van der Waals surface area contributed by atoms with Gasteiger partial charge in [-0.05, 0) is 55.2 Å². The Hall–Kier alpha value is -2.62. The van der Waals surface area contributed by atoms with Crippen LogP contribution in [0.2, 0.25) is 0 Å². The minimum atomic E-state index is -0.969. The van der Waals surface area contributed by atoms with E-state index in [4.69, 9.17) is 4.74 Å². The predicted molar refractivity (Wildman–Crippen MR) is 100 cm³/mol. The molecule has 0 spiro atoms. The highest BCUT2D eigenvalue weighted by Crippen LogP contribution is 2.57. The van der Waals surface area contributed by atoms with Crippen LogP contribution in [0.3, 0.4) is 0 Å². The molecular weight excluding hydrogens is 328 g/mol. The number of hydrogen-bond acceptors (Lipinski definition) is 4. The summed E-state index contributed by atoms with van der Waals surface area (Å²) in [6, 6.07) is 4.97. The molecule has 0 bridgehead atoms. The molecule has 26 heavy (non-hydrogen) atoms. The van der Waals surface area contributed by atoms with E-state index in [2.05, 4.69) is 6.58 Å². The highest BCUT2D eigenvalue weighted by atomic mass is 16.5. The number of Topliss-reactive ketones (excluding diaryl/α,β-unsaturated/α-hetero) is 2. The topological polar surface area (TPSA) is 63.6 Å². The van der Waals surface area contributed by atoms with Gasteiger partial charge in [-0.25, -0.2) is 0 Å². The fourth-order valence-corrected chi connectivity index (χ4v) is 4.45. The average molecular weight is 352 g/mol. The summed E-state index contributed by atoms with van der Waals surface area (Å²) in [5, 5.41) is 10.5. The van der Waals surface area contributed by atoms with Crippen LogP contribution in [0.1, 0.15) is 38.7 Å². The number of allylic oxidation sites excluding steroid dienone is 5. The fourth-order valence-electron chi connectivity index (χ4n) is 4.45. The molecule has 0 heterocycles. The number of ketones is 2. The summed E-state index contributed by atoms with van der Waals surface area (Å²) in [4.78, 5) is 26.3. The third-order valence-electron chi connectivity index (χ3n) is 6.11. The molecule has 0 aliphatic heterocycles. The van der Waals surface area contributed by atoms with Crippen molar-refractivity contribution >= 4 is 11.6 Å². The van der Waals surface area contributed by atoms with E-state index in [0.29, 0.717) is 28.9 Å². The molecule has 1 aromatic carbocycles. The number of aromatic hydroxyl groups is 1. The van der Waals surface area contributed by atoms with Crippen LogP contribution in [0.4, 0.5) is 0 Å². The molecule has 3 rings (SSSR count). The largest absolute Gasteiger partial charge is 0.508 e. The van der Waals surface area contributed by atoms with Crippen molar-refractivity contribution in [3.05, 3.63) is 59.2 Å². The van der Waals surface area contributed by atoms with Crippen LogP contribution in [0.15, 0.2) is 53.6 Å². The predicted octanol–water partition coefficient (Wildman–Crippen LogP) is 4.11. The van der Waals surface area contributed by atoms with Crippen LogP contribution < -0.4 is 4.74 Å². The zero-order chi connectivity index (χ0) is 19.2. The van der Waals surface area contributed by atoms with Crippen molar-refractivity contribution in [2.75, 3.05) is 7.11 Å². The number of carbonyl (C=O) groups excluding carboxylic acids is 2. The smallest absolute Gasteiger partial charge is 0.166 e. The van der Waals surface area contributed by atoms with Gasteiger partial charge in [0.15, 0.2) is 11.6 Å². The van der Waals surface area contributed by atoms with Gasteiger partial charge >= 0.3 is 0 Å². The molecule has 1 N–H and O–H groups in total. The van der Waals surface area contributed by atoms with E-state index in [9.17, 15) is 14.7 Å². The Morgan fingerprint density at radius 3 is 2.58 bits per heavy atom. The SMILES string of the molecule is C=CC1=CCC2C(=O)C(C)=C(C)C(=O)C2(C)C1c1cc(OC)ccc1O. The van der Waals surface area contributed by atoms with E-state index in [1.165, 1.54) is 0 Å². The van der Waals surface area contributed by atoms with E-state index >= 15 is 0 Å². The van der Waals surface area contributed by atoms with Gasteiger partial charge in [0.2, 0.25) is 0 Å². The summed E-state index contributed by atoms with van der Waals surface area (Å²) in [6.45, 7) is 9.17. The Labute approximate surface area is 153 Å². The molecule has 0 aromatic heterocycles. The van der Waals surface area contributed by atoms with Gasteiger partial charge in [0.05, 0.1) is 12.5 Å². The van der Waals surface area contributed by atoms with Gasteiger partial charge in [-0.2, -0.15) is 0 Å². The summed E-state index contributed by atoms with van der Waals surface area (Å²) in [6.07, 6.45) is 4.17. The lowest BCUT2D eigenvalue weighted by molar-refractivity contribution is -0.138. The van der Waals surface area contributed by atoms with Gasteiger partial charge in [-0.1, -0.05) is 25.7 Å². The third-order valence-corrected chi connectivity index (χ3v) is 6.11. The van der Waals surface area contributed by atoms with Crippen molar-refractivity contribution in [3.63, 3.8) is 0 Å². The summed E-state index contributed by atoms with van der Waals surface area (Å²) in [5.74, 6) is -0.276. The lowest BCUT2D eigenvalue weighted by Gasteiger charge is -2.48. The van der Waals surface area contributed by atoms with Gasteiger partial charge in [-0.3, -0.25) is 9.59 Å². The summed E-state index contributed by atoms with van der Waals surface area (Å²) < 4.78 is 5.31. The first-order valence-electron chi connectivity index (χ1n) is 8.73. The van der Waals surface area contributed by atoms with Crippen molar-refractivity contribution in [2.45, 2.75) is 33.1 Å². The minimum Gasteiger partial charge on any atom is -0.508 e. The zero-order valence-electron chi connectivity index (χ0n) is 15.6. The highest BCUT2D eigenvalue weighted by molar-refractivity contribution is 6.15. The van der Waals surface area contributed by atoms with Crippen LogP contribution >= 0.6 is 0 Å². The van der Waals surface area contributed by atoms with Crippen molar-refractivity contribution in [2.24, 2.45) is 11.3 Å². The lowest BCUT2D eigenvalue weighted by Crippen LogP contribution is -2.50. The first-order chi connectivity index (χ1) is 12.3. The summed E-state index contributed by atoms with van der Waals surface area (Å²) in [5.41, 5.74) is 1.51. The minimum absolute atomic E-state index is 0.0105. The number of methoxy groups -OCH3 is 1. The molecular formula is C22H24O4. The number of fused-ring (bicyclic) bond motifs is 1. The molecule has 0 radical (unpaired) electrons. The van der Waals surface area contributed by atoms with E-state index in [1.807, 2.05) is 13.0 Å². The van der Waals surface area contributed by atoms with Crippen LogP contribution in [-0.4, -0.2) is 23.8 Å². The average Bonchev–Trinajstić information content (AvgIpc) is 2.65. The van der Waals surface area contributed by atoms with Gasteiger partial charge in [0.1, 0.15) is 11.5 Å². The number of hydrogen-bond donors (Lipinski definition) is 1. The third kappa shape index (κ3) is 2.36. The Bertz CT molecular complexity index is 874. The van der Waals surface area contributed by atoms with Crippen LogP contribution in [-0.2, 0) is 9.59 Å². The summed E-state index contributed by atoms with van der Waals surface area (Å²) in [7, 11) is 1.55. The Morgan fingerprint density at radius 2 is 1.96 bits per heavy atom. The maximum atomic E-state index is 13.4. The van der Waals surface area contributed by atoms with Crippen molar-refractivity contribution in [1.82, 2.24) is 0 Å². The zero-order valence-corrected chi connectivity index (χ0v) is 15.6.